The molecule has 0 spiro atoms. The zero-order valence-electron chi connectivity index (χ0n) is 13.4. The molecule has 2 rings (SSSR count). The van der Waals surface area contributed by atoms with Crippen LogP contribution in [0.25, 0.3) is 0 Å². The Morgan fingerprint density at radius 2 is 1.56 bits per heavy atom. The quantitative estimate of drug-likeness (QED) is 0.735. The van der Waals surface area contributed by atoms with E-state index in [0.29, 0.717) is 6.07 Å². The number of nitrogens with one attached hydrogen (secondary N) is 1. The molecule has 2 aromatic carbocycles. The van der Waals surface area contributed by atoms with Gasteiger partial charge in [0.15, 0.2) is 0 Å². The lowest BCUT2D eigenvalue weighted by Crippen LogP contribution is -2.21. The van der Waals surface area contributed by atoms with Gasteiger partial charge in [0.2, 0.25) is 0 Å². The first-order valence-corrected chi connectivity index (χ1v) is 8.44. The number of benzene rings is 2. The standard InChI is InChI=1S/C15H11F6NO4S/c1-25-11-7-6-9(8-10(11)14(16,17)18)22-27(23,24)13-5-3-2-4-12(13)26-15(19,20)21/h2-8,22H,1H3. The summed E-state index contributed by atoms with van der Waals surface area (Å²) in [6.07, 6.45) is -10.0. The maximum atomic E-state index is 13.0. The van der Waals surface area contributed by atoms with Crippen molar-refractivity contribution < 1.29 is 44.2 Å². The van der Waals surface area contributed by atoms with Crippen LogP contribution in [0.4, 0.5) is 32.0 Å². The molecule has 0 atom stereocenters. The molecule has 0 unspecified atom stereocenters. The zero-order chi connectivity index (χ0) is 20.5. The van der Waals surface area contributed by atoms with E-state index in [2.05, 4.69) is 9.47 Å². The number of hydrogen-bond acceptors (Lipinski definition) is 4. The van der Waals surface area contributed by atoms with Gasteiger partial charge in [-0.2, -0.15) is 13.2 Å². The van der Waals surface area contributed by atoms with Gasteiger partial charge in [0.05, 0.1) is 12.7 Å². The number of para-hydroxylation sites is 1. The molecule has 0 aliphatic carbocycles. The minimum Gasteiger partial charge on any atom is -0.496 e. The summed E-state index contributed by atoms with van der Waals surface area (Å²) < 4.78 is 111. The predicted molar refractivity (Wildman–Crippen MR) is 81.9 cm³/mol. The molecule has 0 heterocycles. The first-order valence-electron chi connectivity index (χ1n) is 6.96. The third-order valence-corrected chi connectivity index (χ3v) is 4.54. The van der Waals surface area contributed by atoms with E-state index in [1.165, 1.54) is 0 Å². The third-order valence-electron chi connectivity index (χ3n) is 3.12. The molecule has 0 saturated heterocycles. The number of sulfonamides is 1. The van der Waals surface area contributed by atoms with Crippen molar-refractivity contribution in [3.05, 3.63) is 48.0 Å². The lowest BCUT2D eigenvalue weighted by Gasteiger charge is -2.16. The van der Waals surface area contributed by atoms with E-state index in [1.54, 1.807) is 4.72 Å². The van der Waals surface area contributed by atoms with Gasteiger partial charge in [-0.1, -0.05) is 12.1 Å². The Balaban J connectivity index is 2.44. The van der Waals surface area contributed by atoms with E-state index in [9.17, 15) is 34.8 Å². The van der Waals surface area contributed by atoms with Gasteiger partial charge >= 0.3 is 12.5 Å². The number of alkyl halides is 6. The van der Waals surface area contributed by atoms with Crippen LogP contribution in [0.5, 0.6) is 11.5 Å². The number of methoxy groups -OCH3 is 1. The van der Waals surface area contributed by atoms with E-state index in [-0.39, 0.29) is 0 Å². The topological polar surface area (TPSA) is 64.6 Å². The van der Waals surface area contributed by atoms with Crippen molar-refractivity contribution in [3.63, 3.8) is 0 Å². The highest BCUT2D eigenvalue weighted by molar-refractivity contribution is 7.92. The number of halogens is 6. The molecule has 1 N–H and O–H groups in total. The number of rotatable bonds is 5. The molecule has 0 aromatic heterocycles. The van der Waals surface area contributed by atoms with Gasteiger partial charge < -0.3 is 9.47 Å². The molecule has 0 radical (unpaired) electrons. The molecule has 2 aromatic rings. The first-order chi connectivity index (χ1) is 12.3. The van der Waals surface area contributed by atoms with Gasteiger partial charge in [-0.15, -0.1) is 13.2 Å². The van der Waals surface area contributed by atoms with Crippen molar-refractivity contribution in [3.8, 4) is 11.5 Å². The van der Waals surface area contributed by atoms with Gasteiger partial charge in [-0.05, 0) is 30.3 Å². The molecular weight excluding hydrogens is 404 g/mol. The fourth-order valence-electron chi connectivity index (χ4n) is 2.08. The molecule has 12 heteroatoms. The summed E-state index contributed by atoms with van der Waals surface area (Å²) in [6.45, 7) is 0. The predicted octanol–water partition coefficient (Wildman–Crippen LogP) is 4.41. The van der Waals surface area contributed by atoms with Crippen molar-refractivity contribution in [2.75, 3.05) is 11.8 Å². The fourth-order valence-corrected chi connectivity index (χ4v) is 3.26. The van der Waals surface area contributed by atoms with Crippen molar-refractivity contribution >= 4 is 15.7 Å². The van der Waals surface area contributed by atoms with Crippen LogP contribution >= 0.6 is 0 Å². The maximum absolute atomic E-state index is 13.0. The lowest BCUT2D eigenvalue weighted by atomic mass is 10.1. The van der Waals surface area contributed by atoms with Crippen LogP contribution in [0.1, 0.15) is 5.56 Å². The summed E-state index contributed by atoms with van der Waals surface area (Å²) in [5.74, 6) is -1.58. The van der Waals surface area contributed by atoms with Gasteiger partial charge in [0, 0.05) is 5.69 Å². The maximum Gasteiger partial charge on any atom is 0.573 e. The van der Waals surface area contributed by atoms with Crippen molar-refractivity contribution in [2.24, 2.45) is 0 Å². The molecular formula is C15H11F6NO4S. The Hall–Kier alpha value is -2.63. The van der Waals surface area contributed by atoms with Crippen molar-refractivity contribution in [1.82, 2.24) is 0 Å². The fraction of sp³-hybridized carbons (Fsp3) is 0.200. The van der Waals surface area contributed by atoms with E-state index in [4.69, 9.17) is 0 Å². The second-order valence-corrected chi connectivity index (χ2v) is 6.66. The SMILES string of the molecule is COc1ccc(NS(=O)(=O)c2ccccc2OC(F)(F)F)cc1C(F)(F)F. The molecule has 0 aliphatic heterocycles. The highest BCUT2D eigenvalue weighted by atomic mass is 32.2. The normalized spacial score (nSPS) is 12.6. The Bertz CT molecular complexity index is 925. The van der Waals surface area contributed by atoms with Gasteiger partial charge in [-0.25, -0.2) is 8.42 Å². The minimum absolute atomic E-state index is 0.462. The largest absolute Gasteiger partial charge is 0.573 e. The van der Waals surface area contributed by atoms with E-state index in [0.717, 1.165) is 43.5 Å². The minimum atomic E-state index is -5.16. The summed E-state index contributed by atoms with van der Waals surface area (Å²) in [5.41, 5.74) is -1.78. The lowest BCUT2D eigenvalue weighted by molar-refractivity contribution is -0.275. The summed E-state index contributed by atoms with van der Waals surface area (Å²) in [6, 6.07) is 6.12. The highest BCUT2D eigenvalue weighted by Gasteiger charge is 2.36. The van der Waals surface area contributed by atoms with Crippen LogP contribution in [0, 0.1) is 0 Å². The molecule has 0 fully saturated rings. The van der Waals surface area contributed by atoms with Crippen LogP contribution < -0.4 is 14.2 Å². The highest BCUT2D eigenvalue weighted by Crippen LogP contribution is 2.38. The van der Waals surface area contributed by atoms with E-state index in [1.807, 2.05) is 0 Å². The van der Waals surface area contributed by atoms with Crippen LogP contribution in [0.15, 0.2) is 47.4 Å². The monoisotopic (exact) mass is 415 g/mol. The molecule has 27 heavy (non-hydrogen) atoms. The number of anilines is 1. The smallest absolute Gasteiger partial charge is 0.496 e. The Labute approximate surface area is 149 Å². The second-order valence-electron chi connectivity index (χ2n) is 5.01. The molecule has 5 nitrogen and oxygen atoms in total. The Morgan fingerprint density at radius 3 is 2.11 bits per heavy atom. The van der Waals surface area contributed by atoms with Gasteiger partial charge in [0.1, 0.15) is 16.4 Å². The zero-order valence-corrected chi connectivity index (χ0v) is 14.2. The van der Waals surface area contributed by atoms with Crippen LogP contribution in [0.3, 0.4) is 0 Å². The summed E-state index contributed by atoms with van der Waals surface area (Å²) in [5, 5.41) is 0. The molecule has 0 bridgehead atoms. The molecule has 148 valence electrons. The Kier molecular flexibility index (Phi) is 5.50. The van der Waals surface area contributed by atoms with E-state index < -0.39 is 50.2 Å². The number of ether oxygens (including phenoxy) is 2. The average Bonchev–Trinajstić information content (AvgIpc) is 2.52. The summed E-state index contributed by atoms with van der Waals surface area (Å²) in [4.78, 5) is -0.897. The van der Waals surface area contributed by atoms with E-state index >= 15 is 0 Å². The van der Waals surface area contributed by atoms with Gasteiger partial charge in [-0.3, -0.25) is 4.72 Å². The second kappa shape index (κ2) is 7.18. The molecule has 0 saturated carbocycles. The van der Waals surface area contributed by atoms with Crippen LogP contribution in [-0.2, 0) is 16.2 Å². The Morgan fingerprint density at radius 1 is 0.926 bits per heavy atom. The molecule has 0 aliphatic rings. The van der Waals surface area contributed by atoms with Crippen molar-refractivity contribution in [1.29, 1.82) is 0 Å². The summed E-state index contributed by atoms with van der Waals surface area (Å²) >= 11 is 0. The first kappa shape index (κ1) is 20.7. The van der Waals surface area contributed by atoms with Crippen molar-refractivity contribution in [2.45, 2.75) is 17.4 Å². The number of hydrogen-bond donors (Lipinski definition) is 1. The third kappa shape index (κ3) is 5.18. The average molecular weight is 415 g/mol. The summed E-state index contributed by atoms with van der Waals surface area (Å²) in [7, 11) is -3.68. The van der Waals surface area contributed by atoms with Gasteiger partial charge in [0.25, 0.3) is 10.0 Å². The van der Waals surface area contributed by atoms with Crippen LogP contribution in [0.2, 0.25) is 0 Å². The molecule has 0 amide bonds. The van der Waals surface area contributed by atoms with Crippen LogP contribution in [-0.4, -0.2) is 21.9 Å².